The fraction of sp³-hybridized carbons (Fsp3) is 0.238. The minimum Gasteiger partial charge on any atom is -0.411 e. The quantitative estimate of drug-likeness (QED) is 0.510. The zero-order chi connectivity index (χ0) is 21.5. The minimum atomic E-state index is -0.222. The number of benzene rings is 2. The molecule has 0 atom stereocenters. The molecule has 2 aromatic carbocycles. The van der Waals surface area contributed by atoms with E-state index in [0.717, 1.165) is 11.8 Å². The fourth-order valence-corrected chi connectivity index (χ4v) is 3.51. The van der Waals surface area contributed by atoms with E-state index in [1.165, 1.54) is 0 Å². The lowest BCUT2D eigenvalue weighted by Crippen LogP contribution is -2.30. The molecule has 3 aromatic rings. The Morgan fingerprint density at radius 2 is 1.77 bits per heavy atom. The molecular formula is C21H21ClN4O3S. The Kier molecular flexibility index (Phi) is 7.48. The van der Waals surface area contributed by atoms with Crippen LogP contribution in [0.2, 0.25) is 5.02 Å². The van der Waals surface area contributed by atoms with Crippen molar-refractivity contribution in [2.75, 3.05) is 24.2 Å². The van der Waals surface area contributed by atoms with Crippen molar-refractivity contribution in [3.05, 3.63) is 59.1 Å². The molecule has 0 radical (unpaired) electrons. The van der Waals surface area contributed by atoms with Crippen LogP contribution in [0.1, 0.15) is 24.2 Å². The Morgan fingerprint density at radius 3 is 2.43 bits per heavy atom. The maximum Gasteiger partial charge on any atom is 0.277 e. The van der Waals surface area contributed by atoms with Gasteiger partial charge in [0.15, 0.2) is 0 Å². The summed E-state index contributed by atoms with van der Waals surface area (Å²) in [6, 6.07) is 14.0. The first-order valence-corrected chi connectivity index (χ1v) is 10.8. The summed E-state index contributed by atoms with van der Waals surface area (Å²) in [6.07, 6.45) is 0. The van der Waals surface area contributed by atoms with Crippen molar-refractivity contribution < 1.29 is 14.0 Å². The SMILES string of the molecule is CCN(CC)C(=O)c1ccc(NC(=O)CSc2nnc(-c3ccccc3Cl)o2)cc1. The lowest BCUT2D eigenvalue weighted by Gasteiger charge is -2.18. The van der Waals surface area contributed by atoms with Crippen molar-refractivity contribution >= 4 is 40.9 Å². The van der Waals surface area contributed by atoms with E-state index in [0.29, 0.717) is 40.8 Å². The second-order valence-corrected chi connectivity index (χ2v) is 7.58. The average molecular weight is 445 g/mol. The van der Waals surface area contributed by atoms with Crippen LogP contribution in [0.25, 0.3) is 11.5 Å². The Hall–Kier alpha value is -2.84. The van der Waals surface area contributed by atoms with E-state index in [-0.39, 0.29) is 22.8 Å². The molecule has 9 heteroatoms. The third-order valence-corrected chi connectivity index (χ3v) is 5.45. The highest BCUT2D eigenvalue weighted by molar-refractivity contribution is 7.99. The number of carbonyl (C=O) groups excluding carboxylic acids is 2. The van der Waals surface area contributed by atoms with Gasteiger partial charge in [-0.15, -0.1) is 10.2 Å². The Balaban J connectivity index is 1.54. The number of thioether (sulfide) groups is 1. The highest BCUT2D eigenvalue weighted by Gasteiger charge is 2.14. The summed E-state index contributed by atoms with van der Waals surface area (Å²) in [6.45, 7) is 5.18. The zero-order valence-corrected chi connectivity index (χ0v) is 18.2. The van der Waals surface area contributed by atoms with E-state index in [4.69, 9.17) is 16.0 Å². The number of hydrogen-bond donors (Lipinski definition) is 1. The van der Waals surface area contributed by atoms with Crippen LogP contribution in [0.15, 0.2) is 58.2 Å². The molecule has 0 aliphatic rings. The number of anilines is 1. The molecular weight excluding hydrogens is 424 g/mol. The topological polar surface area (TPSA) is 88.3 Å². The van der Waals surface area contributed by atoms with Gasteiger partial charge >= 0.3 is 0 Å². The van der Waals surface area contributed by atoms with Crippen LogP contribution in [0.4, 0.5) is 5.69 Å². The van der Waals surface area contributed by atoms with E-state index < -0.39 is 0 Å². The highest BCUT2D eigenvalue weighted by atomic mass is 35.5. The molecule has 1 aromatic heterocycles. The van der Waals surface area contributed by atoms with Gasteiger partial charge in [-0.2, -0.15) is 0 Å². The second-order valence-electron chi connectivity index (χ2n) is 6.24. The highest BCUT2D eigenvalue weighted by Crippen LogP contribution is 2.28. The summed E-state index contributed by atoms with van der Waals surface area (Å²) in [5.74, 6) is 0.154. The van der Waals surface area contributed by atoms with Gasteiger partial charge in [0.05, 0.1) is 16.3 Å². The van der Waals surface area contributed by atoms with E-state index in [2.05, 4.69) is 15.5 Å². The van der Waals surface area contributed by atoms with E-state index >= 15 is 0 Å². The molecule has 0 saturated heterocycles. The first kappa shape index (κ1) is 21.9. The van der Waals surface area contributed by atoms with Crippen molar-refractivity contribution in [1.29, 1.82) is 0 Å². The Bertz CT molecular complexity index is 1020. The van der Waals surface area contributed by atoms with Crippen molar-refractivity contribution in [2.45, 2.75) is 19.1 Å². The third kappa shape index (κ3) is 5.40. The first-order valence-electron chi connectivity index (χ1n) is 9.42. The molecule has 0 saturated carbocycles. The molecule has 1 N–H and O–H groups in total. The van der Waals surface area contributed by atoms with Gasteiger partial charge in [-0.1, -0.05) is 35.5 Å². The number of halogens is 1. The molecule has 0 fully saturated rings. The van der Waals surface area contributed by atoms with Gasteiger partial charge < -0.3 is 14.6 Å². The van der Waals surface area contributed by atoms with Gasteiger partial charge in [-0.25, -0.2) is 0 Å². The van der Waals surface area contributed by atoms with Crippen LogP contribution in [-0.4, -0.2) is 45.8 Å². The van der Waals surface area contributed by atoms with Gasteiger partial charge in [0, 0.05) is 24.3 Å². The lowest BCUT2D eigenvalue weighted by molar-refractivity contribution is -0.113. The summed E-state index contributed by atoms with van der Waals surface area (Å²) in [5.41, 5.74) is 1.84. The van der Waals surface area contributed by atoms with Crippen molar-refractivity contribution in [2.24, 2.45) is 0 Å². The van der Waals surface area contributed by atoms with Crippen LogP contribution < -0.4 is 5.32 Å². The molecule has 3 rings (SSSR count). The average Bonchev–Trinajstić information content (AvgIpc) is 3.23. The number of aromatic nitrogens is 2. The molecule has 30 heavy (non-hydrogen) atoms. The number of nitrogens with one attached hydrogen (secondary N) is 1. The standard InChI is InChI=1S/C21H21ClN4O3S/c1-3-26(4-2)20(28)14-9-11-15(12-10-14)23-18(27)13-30-21-25-24-19(29-21)16-7-5-6-8-17(16)22/h5-12H,3-4,13H2,1-2H3,(H,23,27). The van der Waals surface area contributed by atoms with Gasteiger partial charge in [-0.3, -0.25) is 9.59 Å². The van der Waals surface area contributed by atoms with Crippen molar-refractivity contribution in [3.8, 4) is 11.5 Å². The van der Waals surface area contributed by atoms with Crippen molar-refractivity contribution in [3.63, 3.8) is 0 Å². The van der Waals surface area contributed by atoms with E-state index in [1.807, 2.05) is 26.0 Å². The van der Waals surface area contributed by atoms with Crippen molar-refractivity contribution in [1.82, 2.24) is 15.1 Å². The molecule has 0 aliphatic carbocycles. The Morgan fingerprint density at radius 1 is 1.07 bits per heavy atom. The summed E-state index contributed by atoms with van der Waals surface area (Å²) in [5, 5.41) is 11.5. The number of hydrogen-bond acceptors (Lipinski definition) is 6. The molecule has 0 spiro atoms. The number of rotatable bonds is 8. The van der Waals surface area contributed by atoms with Gasteiger partial charge in [0.1, 0.15) is 0 Å². The second kappa shape index (κ2) is 10.3. The first-order chi connectivity index (χ1) is 14.5. The zero-order valence-electron chi connectivity index (χ0n) is 16.6. The van der Waals surface area contributed by atoms with Crippen LogP contribution in [0, 0.1) is 0 Å². The predicted octanol–water partition coefficient (Wildman–Crippen LogP) is 4.60. The summed E-state index contributed by atoms with van der Waals surface area (Å²) in [7, 11) is 0. The number of amides is 2. The summed E-state index contributed by atoms with van der Waals surface area (Å²) in [4.78, 5) is 26.3. The van der Waals surface area contributed by atoms with Crippen LogP contribution in [-0.2, 0) is 4.79 Å². The third-order valence-electron chi connectivity index (χ3n) is 4.30. The molecule has 1 heterocycles. The van der Waals surface area contributed by atoms with Crippen LogP contribution >= 0.6 is 23.4 Å². The molecule has 0 bridgehead atoms. The largest absolute Gasteiger partial charge is 0.411 e. The normalized spacial score (nSPS) is 10.6. The summed E-state index contributed by atoms with van der Waals surface area (Å²) >= 11 is 7.26. The molecule has 2 amide bonds. The number of nitrogens with zero attached hydrogens (tertiary/aromatic N) is 3. The van der Waals surface area contributed by atoms with Gasteiger partial charge in [0.2, 0.25) is 11.8 Å². The number of carbonyl (C=O) groups is 2. The molecule has 7 nitrogen and oxygen atoms in total. The predicted molar refractivity (Wildman–Crippen MR) is 118 cm³/mol. The maximum absolute atomic E-state index is 12.3. The summed E-state index contributed by atoms with van der Waals surface area (Å²) < 4.78 is 5.57. The van der Waals surface area contributed by atoms with Crippen LogP contribution in [0.5, 0.6) is 0 Å². The lowest BCUT2D eigenvalue weighted by atomic mass is 10.2. The van der Waals surface area contributed by atoms with Gasteiger partial charge in [-0.05, 0) is 50.2 Å². The smallest absolute Gasteiger partial charge is 0.277 e. The van der Waals surface area contributed by atoms with Gasteiger partial charge in [0.25, 0.3) is 11.1 Å². The minimum absolute atomic E-state index is 0.0286. The monoisotopic (exact) mass is 444 g/mol. The fourth-order valence-electron chi connectivity index (χ4n) is 2.73. The molecule has 156 valence electrons. The van der Waals surface area contributed by atoms with E-state index in [9.17, 15) is 9.59 Å². The van der Waals surface area contributed by atoms with Crippen LogP contribution in [0.3, 0.4) is 0 Å². The maximum atomic E-state index is 12.3. The molecule has 0 unspecified atom stereocenters. The molecule has 0 aliphatic heterocycles. The Labute approximate surface area is 183 Å². The van der Waals surface area contributed by atoms with E-state index in [1.54, 1.807) is 41.3 Å².